The van der Waals surface area contributed by atoms with Gasteiger partial charge in [0.05, 0.1) is 0 Å². The molecule has 1 aromatic heterocycles. The van der Waals surface area contributed by atoms with Crippen molar-refractivity contribution in [3.8, 4) is 11.4 Å². The Morgan fingerprint density at radius 1 is 1.24 bits per heavy atom. The molecule has 0 spiro atoms. The van der Waals surface area contributed by atoms with Gasteiger partial charge in [-0.15, -0.1) is 0 Å². The summed E-state index contributed by atoms with van der Waals surface area (Å²) in [4.78, 5) is 18.7. The number of amides is 1. The summed E-state index contributed by atoms with van der Waals surface area (Å²) in [7, 11) is 0. The van der Waals surface area contributed by atoms with Crippen molar-refractivity contribution in [1.82, 2.24) is 15.4 Å². The molecule has 1 fully saturated rings. The molecule has 1 aliphatic rings. The summed E-state index contributed by atoms with van der Waals surface area (Å²) < 4.78 is 52.7. The number of aromatic nitrogens is 2. The van der Waals surface area contributed by atoms with E-state index in [9.17, 15) is 22.4 Å². The van der Waals surface area contributed by atoms with Crippen LogP contribution in [-0.2, 0) is 11.0 Å². The van der Waals surface area contributed by atoms with E-state index >= 15 is 0 Å². The van der Waals surface area contributed by atoms with Gasteiger partial charge in [0, 0.05) is 23.6 Å². The van der Waals surface area contributed by atoms with Gasteiger partial charge in [0.25, 0.3) is 5.91 Å². The summed E-state index contributed by atoms with van der Waals surface area (Å²) in [6.07, 6.45) is -3.56. The first-order valence-corrected chi connectivity index (χ1v) is 7.33. The standard InChI is InChI=1S/C16H13F4N3O2/c1-8-12(15(8,17)14(24)23-25)9-2-4-10(5-3-9)13-21-7-6-11(22-13)16(18,19)20/h2-8,12,25H,1H3,(H,23,24)/t8-,12+,15+/m1/s1. The monoisotopic (exact) mass is 355 g/mol. The molecule has 1 aromatic carbocycles. The van der Waals surface area contributed by atoms with Crippen molar-refractivity contribution in [2.24, 2.45) is 5.92 Å². The molecule has 1 amide bonds. The van der Waals surface area contributed by atoms with Crippen molar-refractivity contribution in [2.45, 2.75) is 24.7 Å². The van der Waals surface area contributed by atoms with Gasteiger partial charge >= 0.3 is 6.18 Å². The molecule has 132 valence electrons. The number of rotatable bonds is 3. The first-order valence-electron chi connectivity index (χ1n) is 7.33. The number of carbonyl (C=O) groups is 1. The van der Waals surface area contributed by atoms with Crippen LogP contribution in [0.1, 0.15) is 24.1 Å². The summed E-state index contributed by atoms with van der Waals surface area (Å²) in [6.45, 7) is 1.53. The molecule has 0 radical (unpaired) electrons. The van der Waals surface area contributed by atoms with Crippen LogP contribution >= 0.6 is 0 Å². The molecule has 1 saturated carbocycles. The van der Waals surface area contributed by atoms with E-state index < -0.39 is 35.3 Å². The zero-order valence-electron chi connectivity index (χ0n) is 12.9. The van der Waals surface area contributed by atoms with E-state index in [1.165, 1.54) is 36.7 Å². The van der Waals surface area contributed by atoms with Crippen molar-refractivity contribution in [3.05, 3.63) is 47.8 Å². The number of hydrogen-bond acceptors (Lipinski definition) is 4. The minimum atomic E-state index is -4.58. The molecule has 1 aliphatic carbocycles. The predicted octanol–water partition coefficient (Wildman–Crippen LogP) is 3.11. The topological polar surface area (TPSA) is 75.1 Å². The summed E-state index contributed by atoms with van der Waals surface area (Å²) in [5, 5.41) is 8.63. The summed E-state index contributed by atoms with van der Waals surface area (Å²) in [6, 6.07) is 6.72. The highest BCUT2D eigenvalue weighted by molar-refractivity contribution is 5.90. The quantitative estimate of drug-likeness (QED) is 0.504. The first kappa shape index (κ1) is 17.3. The third-order valence-corrected chi connectivity index (χ3v) is 4.43. The van der Waals surface area contributed by atoms with Crippen LogP contribution in [0.2, 0.25) is 0 Å². The van der Waals surface area contributed by atoms with Crippen molar-refractivity contribution in [1.29, 1.82) is 0 Å². The van der Waals surface area contributed by atoms with Crippen molar-refractivity contribution in [3.63, 3.8) is 0 Å². The number of carbonyl (C=O) groups excluding carboxylic acids is 1. The van der Waals surface area contributed by atoms with Crippen LogP contribution in [0.4, 0.5) is 17.6 Å². The SMILES string of the molecule is C[C@@H]1[C@@H](c2ccc(-c3nccc(C(F)(F)F)n3)cc2)[C@]1(F)C(=O)NO. The van der Waals surface area contributed by atoms with Crippen LogP contribution in [-0.4, -0.2) is 26.8 Å². The lowest BCUT2D eigenvalue weighted by atomic mass is 10.0. The smallest absolute Gasteiger partial charge is 0.289 e. The maximum Gasteiger partial charge on any atom is 0.433 e. The Morgan fingerprint density at radius 3 is 2.44 bits per heavy atom. The second kappa shape index (κ2) is 5.76. The number of nitrogens with one attached hydrogen (secondary N) is 1. The second-order valence-corrected chi connectivity index (χ2v) is 5.86. The Bertz CT molecular complexity index is 810. The van der Waals surface area contributed by atoms with E-state index in [-0.39, 0.29) is 5.82 Å². The van der Waals surface area contributed by atoms with Gasteiger partial charge in [0.2, 0.25) is 5.67 Å². The molecular formula is C16H13F4N3O2. The largest absolute Gasteiger partial charge is 0.433 e. The molecule has 0 saturated heterocycles. The molecule has 0 unspecified atom stereocenters. The van der Waals surface area contributed by atoms with E-state index in [1.54, 1.807) is 0 Å². The number of alkyl halides is 4. The minimum Gasteiger partial charge on any atom is -0.289 e. The molecule has 0 aliphatic heterocycles. The van der Waals surface area contributed by atoms with Gasteiger partial charge in [-0.1, -0.05) is 31.2 Å². The Morgan fingerprint density at radius 2 is 1.88 bits per heavy atom. The van der Waals surface area contributed by atoms with E-state index in [2.05, 4.69) is 9.97 Å². The van der Waals surface area contributed by atoms with E-state index in [0.717, 1.165) is 12.3 Å². The highest BCUT2D eigenvalue weighted by atomic mass is 19.4. The van der Waals surface area contributed by atoms with Crippen LogP contribution < -0.4 is 5.48 Å². The van der Waals surface area contributed by atoms with E-state index in [4.69, 9.17) is 5.21 Å². The third kappa shape index (κ3) is 2.84. The maximum atomic E-state index is 14.5. The number of hydrogen-bond donors (Lipinski definition) is 2. The average Bonchev–Trinajstić information content (AvgIpc) is 3.16. The van der Waals surface area contributed by atoms with Crippen molar-refractivity contribution in [2.75, 3.05) is 0 Å². The Labute approximate surface area is 139 Å². The van der Waals surface area contributed by atoms with Gasteiger partial charge in [-0.2, -0.15) is 13.2 Å². The maximum absolute atomic E-state index is 14.5. The third-order valence-electron chi connectivity index (χ3n) is 4.43. The Hall–Kier alpha value is -2.55. The fourth-order valence-electron chi connectivity index (χ4n) is 2.98. The van der Waals surface area contributed by atoms with Crippen LogP contribution in [0.5, 0.6) is 0 Å². The van der Waals surface area contributed by atoms with Crippen molar-refractivity contribution >= 4 is 5.91 Å². The Kier molecular flexibility index (Phi) is 3.98. The second-order valence-electron chi connectivity index (χ2n) is 5.86. The molecular weight excluding hydrogens is 342 g/mol. The zero-order chi connectivity index (χ0) is 18.4. The normalized spacial score (nSPS) is 25.5. The lowest BCUT2D eigenvalue weighted by Crippen LogP contribution is -2.33. The van der Waals surface area contributed by atoms with E-state index in [1.807, 2.05) is 0 Å². The Balaban J connectivity index is 1.86. The predicted molar refractivity (Wildman–Crippen MR) is 78.1 cm³/mol. The van der Waals surface area contributed by atoms with Gasteiger partial charge in [0.1, 0.15) is 5.69 Å². The lowest BCUT2D eigenvalue weighted by molar-refractivity contribution is -0.141. The van der Waals surface area contributed by atoms with Crippen molar-refractivity contribution < 1.29 is 27.6 Å². The molecule has 2 N–H and O–H groups in total. The summed E-state index contributed by atoms with van der Waals surface area (Å²) in [5.41, 5.74) is -1.12. The van der Waals surface area contributed by atoms with Gasteiger partial charge in [-0.3, -0.25) is 10.0 Å². The van der Waals surface area contributed by atoms with Crippen LogP contribution in [0.15, 0.2) is 36.5 Å². The van der Waals surface area contributed by atoms with Gasteiger partial charge in [-0.25, -0.2) is 19.8 Å². The summed E-state index contributed by atoms with van der Waals surface area (Å²) in [5.74, 6) is -2.59. The molecule has 9 heteroatoms. The minimum absolute atomic E-state index is 0.107. The van der Waals surface area contributed by atoms with Gasteiger partial charge in [-0.05, 0) is 11.6 Å². The molecule has 1 heterocycles. The highest BCUT2D eigenvalue weighted by Crippen LogP contribution is 2.60. The van der Waals surface area contributed by atoms with Crippen LogP contribution in [0.25, 0.3) is 11.4 Å². The molecule has 3 atom stereocenters. The number of nitrogens with zero attached hydrogens (tertiary/aromatic N) is 2. The zero-order valence-corrected chi connectivity index (χ0v) is 12.9. The van der Waals surface area contributed by atoms with Crippen LogP contribution in [0, 0.1) is 5.92 Å². The summed E-state index contributed by atoms with van der Waals surface area (Å²) >= 11 is 0. The number of benzene rings is 1. The first-order chi connectivity index (χ1) is 11.7. The van der Waals surface area contributed by atoms with Crippen LogP contribution in [0.3, 0.4) is 0 Å². The fraction of sp³-hybridized carbons (Fsp3) is 0.312. The van der Waals surface area contributed by atoms with Gasteiger partial charge < -0.3 is 0 Å². The lowest BCUT2D eigenvalue weighted by Gasteiger charge is -2.08. The van der Waals surface area contributed by atoms with Gasteiger partial charge in [0.15, 0.2) is 5.82 Å². The molecule has 2 aromatic rings. The molecule has 3 rings (SSSR count). The number of hydroxylamine groups is 1. The molecule has 5 nitrogen and oxygen atoms in total. The molecule has 0 bridgehead atoms. The highest BCUT2D eigenvalue weighted by Gasteiger charge is 2.69. The fourth-order valence-corrected chi connectivity index (χ4v) is 2.98. The number of halogens is 4. The van der Waals surface area contributed by atoms with E-state index in [0.29, 0.717) is 11.1 Å². The average molecular weight is 355 g/mol. The molecule has 25 heavy (non-hydrogen) atoms.